The number of sulfone groups is 1. The molecule has 0 radical (unpaired) electrons. The van der Waals surface area contributed by atoms with E-state index in [0.29, 0.717) is 37.4 Å². The van der Waals surface area contributed by atoms with Crippen LogP contribution in [0, 0.1) is 13.8 Å². The molecule has 0 atom stereocenters. The summed E-state index contributed by atoms with van der Waals surface area (Å²) < 4.78 is 32.2. The van der Waals surface area contributed by atoms with Gasteiger partial charge < -0.3 is 10.1 Å². The summed E-state index contributed by atoms with van der Waals surface area (Å²) in [6, 6.07) is 5.53. The van der Waals surface area contributed by atoms with Gasteiger partial charge in [0.1, 0.15) is 0 Å². The Kier molecular flexibility index (Phi) is 5.31. The molecule has 0 aliphatic carbocycles. The number of aryl methyl sites for hydroxylation is 2. The second-order valence-corrected chi connectivity index (χ2v) is 9.69. The molecule has 0 saturated carbocycles. The van der Waals surface area contributed by atoms with Gasteiger partial charge >= 0.3 is 0 Å². The second kappa shape index (κ2) is 7.76. The zero-order chi connectivity index (χ0) is 20.6. The number of aromatic amines is 1. The number of ether oxygens (including phenoxy) is 1. The molecule has 1 fully saturated rings. The molecule has 1 saturated heterocycles. The van der Waals surface area contributed by atoms with Gasteiger partial charge in [-0.25, -0.2) is 8.42 Å². The molecule has 1 aliphatic rings. The van der Waals surface area contributed by atoms with E-state index in [4.69, 9.17) is 4.74 Å². The Morgan fingerprint density at radius 1 is 1.24 bits per heavy atom. The highest BCUT2D eigenvalue weighted by Gasteiger charge is 2.31. The van der Waals surface area contributed by atoms with E-state index in [2.05, 4.69) is 20.5 Å². The number of pyridine rings is 1. The van der Waals surface area contributed by atoms with E-state index in [1.807, 2.05) is 32.9 Å². The molecule has 2 aromatic heterocycles. The number of nitrogens with one attached hydrogen (secondary N) is 2. The molecule has 7 nitrogen and oxygen atoms in total. The van der Waals surface area contributed by atoms with Gasteiger partial charge in [0.2, 0.25) is 0 Å². The lowest BCUT2D eigenvalue weighted by molar-refractivity contribution is 0.0983. The maximum absolute atomic E-state index is 13.4. The molecule has 154 valence electrons. The lowest BCUT2D eigenvalue weighted by Gasteiger charge is -2.23. The number of rotatable bonds is 5. The van der Waals surface area contributed by atoms with Crippen molar-refractivity contribution in [2.75, 3.05) is 18.5 Å². The normalized spacial score (nSPS) is 15.7. The lowest BCUT2D eigenvalue weighted by Crippen LogP contribution is -2.29. The number of benzene rings is 1. The summed E-state index contributed by atoms with van der Waals surface area (Å²) >= 11 is 0. The highest BCUT2D eigenvalue weighted by Crippen LogP contribution is 2.33. The second-order valence-electron chi connectivity index (χ2n) is 7.49. The van der Waals surface area contributed by atoms with Crippen molar-refractivity contribution in [1.29, 1.82) is 0 Å². The first-order valence-corrected chi connectivity index (χ1v) is 11.5. The van der Waals surface area contributed by atoms with Crippen LogP contribution in [-0.4, -0.2) is 42.1 Å². The number of hydrogen-bond donors (Lipinski definition) is 2. The summed E-state index contributed by atoms with van der Waals surface area (Å²) in [6.07, 6.45) is 3.43. The van der Waals surface area contributed by atoms with Crippen LogP contribution in [0.25, 0.3) is 10.9 Å². The zero-order valence-electron chi connectivity index (χ0n) is 16.9. The topological polar surface area (TPSA) is 97.0 Å². The number of anilines is 2. The van der Waals surface area contributed by atoms with Crippen molar-refractivity contribution in [3.8, 4) is 0 Å². The van der Waals surface area contributed by atoms with Gasteiger partial charge in [0.15, 0.2) is 15.7 Å². The minimum Gasteiger partial charge on any atom is -0.381 e. The first kappa shape index (κ1) is 19.8. The van der Waals surface area contributed by atoms with E-state index < -0.39 is 15.1 Å². The van der Waals surface area contributed by atoms with Crippen molar-refractivity contribution in [2.45, 2.75) is 50.2 Å². The van der Waals surface area contributed by atoms with E-state index in [1.54, 1.807) is 12.3 Å². The van der Waals surface area contributed by atoms with Crippen LogP contribution in [0.15, 0.2) is 29.3 Å². The van der Waals surface area contributed by atoms with Crippen molar-refractivity contribution in [3.05, 3.63) is 41.2 Å². The Morgan fingerprint density at radius 2 is 2.00 bits per heavy atom. The average Bonchev–Trinajstić information content (AvgIpc) is 3.05. The van der Waals surface area contributed by atoms with Crippen molar-refractivity contribution in [1.82, 2.24) is 15.2 Å². The molecule has 1 aromatic carbocycles. The molecule has 0 spiro atoms. The predicted molar refractivity (Wildman–Crippen MR) is 113 cm³/mol. The molecule has 0 amide bonds. The summed E-state index contributed by atoms with van der Waals surface area (Å²) in [4.78, 5) is 4.88. The van der Waals surface area contributed by atoms with Gasteiger partial charge in [-0.15, -0.1) is 0 Å². The van der Waals surface area contributed by atoms with Crippen LogP contribution >= 0.6 is 0 Å². The van der Waals surface area contributed by atoms with Gasteiger partial charge in [-0.1, -0.05) is 6.92 Å². The Morgan fingerprint density at radius 3 is 2.66 bits per heavy atom. The number of aromatic nitrogens is 3. The minimum atomic E-state index is -3.45. The maximum Gasteiger partial charge on any atom is 0.181 e. The summed E-state index contributed by atoms with van der Waals surface area (Å²) in [5, 5.41) is 11.0. The largest absolute Gasteiger partial charge is 0.381 e. The van der Waals surface area contributed by atoms with Crippen molar-refractivity contribution < 1.29 is 13.2 Å². The number of H-pyrrole nitrogens is 1. The Hall–Kier alpha value is -2.45. The highest BCUT2D eigenvalue weighted by molar-refractivity contribution is 7.92. The van der Waals surface area contributed by atoms with E-state index >= 15 is 0 Å². The van der Waals surface area contributed by atoms with Gasteiger partial charge in [-0.05, 0) is 56.9 Å². The lowest BCUT2D eigenvalue weighted by atomic mass is 10.1. The van der Waals surface area contributed by atoms with Crippen molar-refractivity contribution in [2.24, 2.45) is 0 Å². The van der Waals surface area contributed by atoms with Crippen molar-refractivity contribution >= 4 is 32.2 Å². The first-order chi connectivity index (χ1) is 13.9. The smallest absolute Gasteiger partial charge is 0.181 e. The van der Waals surface area contributed by atoms with E-state index in [-0.39, 0.29) is 0 Å². The maximum atomic E-state index is 13.4. The molecule has 3 heterocycles. The third kappa shape index (κ3) is 3.62. The molecule has 8 heteroatoms. The SMILES string of the molecule is CCc1cc2nccc(Nc3n[nH]c(C)c3C)c2cc1S(=O)(=O)C1CCOCC1. The van der Waals surface area contributed by atoms with E-state index in [0.717, 1.165) is 39.2 Å². The fourth-order valence-corrected chi connectivity index (χ4v) is 5.79. The molecular formula is C21H26N4O3S. The van der Waals surface area contributed by atoms with Crippen LogP contribution in [0.1, 0.15) is 36.6 Å². The first-order valence-electron chi connectivity index (χ1n) is 9.93. The monoisotopic (exact) mass is 414 g/mol. The average molecular weight is 415 g/mol. The molecule has 4 rings (SSSR count). The predicted octanol–water partition coefficient (Wildman–Crippen LogP) is 3.83. The number of nitrogens with zero attached hydrogens (tertiary/aromatic N) is 2. The fraction of sp³-hybridized carbons (Fsp3) is 0.429. The van der Waals surface area contributed by atoms with E-state index in [1.165, 1.54) is 0 Å². The summed E-state index contributed by atoms with van der Waals surface area (Å²) in [6.45, 7) is 6.91. The molecule has 3 aromatic rings. The van der Waals surface area contributed by atoms with E-state index in [9.17, 15) is 8.42 Å². The van der Waals surface area contributed by atoms with Gasteiger partial charge in [0, 0.05) is 36.1 Å². The van der Waals surface area contributed by atoms with Gasteiger partial charge in [0.05, 0.1) is 21.3 Å². The van der Waals surface area contributed by atoms with Gasteiger partial charge in [-0.2, -0.15) is 5.10 Å². The minimum absolute atomic E-state index is 0.400. The van der Waals surface area contributed by atoms with Crippen LogP contribution in [0.4, 0.5) is 11.5 Å². The number of hydrogen-bond acceptors (Lipinski definition) is 6. The molecule has 0 bridgehead atoms. The summed E-state index contributed by atoms with van der Waals surface area (Å²) in [7, 11) is -3.45. The van der Waals surface area contributed by atoms with Crippen molar-refractivity contribution in [3.63, 3.8) is 0 Å². The molecular weight excluding hydrogens is 388 g/mol. The molecule has 0 unspecified atom stereocenters. The summed E-state index contributed by atoms with van der Waals surface area (Å²) in [5.41, 5.74) is 4.37. The molecule has 1 aliphatic heterocycles. The van der Waals surface area contributed by atoms with Gasteiger partial charge in [0.25, 0.3) is 0 Å². The molecule has 29 heavy (non-hydrogen) atoms. The van der Waals surface area contributed by atoms with Crippen LogP contribution in [0.5, 0.6) is 0 Å². The Bertz CT molecular complexity index is 1150. The third-order valence-corrected chi connectivity index (χ3v) is 8.07. The summed E-state index contributed by atoms with van der Waals surface area (Å²) in [5.74, 6) is 0.725. The third-order valence-electron chi connectivity index (χ3n) is 5.72. The van der Waals surface area contributed by atoms with Crippen LogP contribution in [-0.2, 0) is 21.0 Å². The Balaban J connectivity index is 1.84. The van der Waals surface area contributed by atoms with Crippen LogP contribution < -0.4 is 5.32 Å². The Labute approximate surface area is 170 Å². The fourth-order valence-electron chi connectivity index (χ4n) is 3.77. The van der Waals surface area contributed by atoms with Crippen LogP contribution in [0.3, 0.4) is 0 Å². The zero-order valence-corrected chi connectivity index (χ0v) is 17.8. The standard InChI is InChI=1S/C21H26N4O3S/c1-4-15-11-19-17(12-20(15)29(26,27)16-6-9-28-10-7-16)18(5-8-22-19)23-21-13(2)14(3)24-25-21/h5,8,11-12,16H,4,6-7,9-10H2,1-3H3,(H2,22,23,24,25). The molecule has 2 N–H and O–H groups in total. The van der Waals surface area contributed by atoms with Crippen LogP contribution in [0.2, 0.25) is 0 Å². The highest BCUT2D eigenvalue weighted by atomic mass is 32.2. The quantitative estimate of drug-likeness (QED) is 0.658. The number of fused-ring (bicyclic) bond motifs is 1. The van der Waals surface area contributed by atoms with Gasteiger partial charge in [-0.3, -0.25) is 10.1 Å².